The number of rotatable bonds is 12. The van der Waals surface area contributed by atoms with Gasteiger partial charge in [0, 0.05) is 6.04 Å². The van der Waals surface area contributed by atoms with Gasteiger partial charge in [-0.1, -0.05) is 27.2 Å². The number of carboxylic acids is 1. The maximum absolute atomic E-state index is 11.6. The molecule has 0 spiro atoms. The Morgan fingerprint density at radius 1 is 1.20 bits per heavy atom. The molecule has 0 aliphatic heterocycles. The van der Waals surface area contributed by atoms with Gasteiger partial charge in [0.15, 0.2) is 0 Å². The van der Waals surface area contributed by atoms with E-state index in [1.165, 1.54) is 12.8 Å². The molecule has 4 nitrogen and oxygen atoms in total. The number of carboxylic acid groups (broad SMARTS) is 1. The zero-order valence-corrected chi connectivity index (χ0v) is 14.0. The van der Waals surface area contributed by atoms with E-state index in [9.17, 15) is 9.90 Å². The summed E-state index contributed by atoms with van der Waals surface area (Å²) in [4.78, 5) is 14.0. The topological polar surface area (TPSA) is 52.6 Å². The molecule has 0 amide bonds. The molecule has 0 aromatic carbocycles. The minimum Gasteiger partial charge on any atom is -0.480 e. The molecule has 4 heteroatoms. The van der Waals surface area contributed by atoms with Crippen LogP contribution in [0.15, 0.2) is 0 Å². The fraction of sp³-hybridized carbons (Fsp3) is 0.938. The second-order valence-corrected chi connectivity index (χ2v) is 5.93. The Kier molecular flexibility index (Phi) is 9.86. The van der Waals surface area contributed by atoms with Crippen LogP contribution in [0, 0.1) is 0 Å². The minimum absolute atomic E-state index is 0.188. The molecule has 0 fully saturated rings. The summed E-state index contributed by atoms with van der Waals surface area (Å²) in [6.45, 7) is 13.5. The highest BCUT2D eigenvalue weighted by Crippen LogP contribution is 2.19. The summed E-state index contributed by atoms with van der Waals surface area (Å²) in [5.74, 6) is -0.717. The van der Waals surface area contributed by atoms with E-state index < -0.39 is 11.5 Å². The van der Waals surface area contributed by atoms with Crippen LogP contribution in [0.2, 0.25) is 0 Å². The summed E-state index contributed by atoms with van der Waals surface area (Å²) in [5.41, 5.74) is -0.766. The van der Waals surface area contributed by atoms with Crippen LogP contribution >= 0.6 is 0 Å². The Balaban J connectivity index is 4.42. The standard InChI is InChI=1S/C16H34N2O2/c1-6-9-12-18(8-3)13-10-11-16(7-2,15(19)20)17-14(4)5/h14,17H,6-13H2,1-5H3,(H,19,20). The summed E-state index contributed by atoms with van der Waals surface area (Å²) in [6.07, 6.45) is 4.67. The number of nitrogens with zero attached hydrogens (tertiary/aromatic N) is 1. The van der Waals surface area contributed by atoms with Crippen LogP contribution in [0.25, 0.3) is 0 Å². The van der Waals surface area contributed by atoms with Gasteiger partial charge in [-0.3, -0.25) is 10.1 Å². The van der Waals surface area contributed by atoms with Crippen molar-refractivity contribution in [2.45, 2.75) is 78.3 Å². The van der Waals surface area contributed by atoms with Crippen LogP contribution in [-0.4, -0.2) is 47.2 Å². The van der Waals surface area contributed by atoms with Crippen LogP contribution in [0.4, 0.5) is 0 Å². The maximum Gasteiger partial charge on any atom is 0.323 e. The summed E-state index contributed by atoms with van der Waals surface area (Å²) in [7, 11) is 0. The molecule has 0 heterocycles. The van der Waals surface area contributed by atoms with Gasteiger partial charge in [-0.15, -0.1) is 0 Å². The third-order valence-electron chi connectivity index (χ3n) is 3.93. The number of hydrogen-bond acceptors (Lipinski definition) is 3. The SMILES string of the molecule is CCCCN(CC)CCCC(CC)(NC(C)C)C(=O)O. The molecule has 0 radical (unpaired) electrons. The van der Waals surface area contributed by atoms with Crippen molar-refractivity contribution in [1.82, 2.24) is 10.2 Å². The first-order valence-corrected chi connectivity index (χ1v) is 8.15. The zero-order chi connectivity index (χ0) is 15.6. The predicted molar refractivity (Wildman–Crippen MR) is 85.2 cm³/mol. The first-order chi connectivity index (χ1) is 9.41. The molecule has 0 aromatic rings. The molecule has 0 bridgehead atoms. The van der Waals surface area contributed by atoms with E-state index in [0.29, 0.717) is 12.8 Å². The maximum atomic E-state index is 11.6. The van der Waals surface area contributed by atoms with Gasteiger partial charge in [0.05, 0.1) is 0 Å². The van der Waals surface area contributed by atoms with Gasteiger partial charge in [-0.25, -0.2) is 0 Å². The molecule has 0 saturated carbocycles. The second kappa shape index (κ2) is 10.2. The van der Waals surface area contributed by atoms with Crippen LogP contribution < -0.4 is 5.32 Å². The highest BCUT2D eigenvalue weighted by Gasteiger charge is 2.36. The number of hydrogen-bond donors (Lipinski definition) is 2. The molecule has 0 rings (SSSR count). The van der Waals surface area contributed by atoms with Crippen molar-refractivity contribution in [3.63, 3.8) is 0 Å². The number of carbonyl (C=O) groups is 1. The van der Waals surface area contributed by atoms with Crippen LogP contribution in [-0.2, 0) is 4.79 Å². The van der Waals surface area contributed by atoms with E-state index in [0.717, 1.165) is 26.1 Å². The van der Waals surface area contributed by atoms with Gasteiger partial charge in [0.25, 0.3) is 0 Å². The van der Waals surface area contributed by atoms with Crippen LogP contribution in [0.1, 0.15) is 66.7 Å². The molecule has 20 heavy (non-hydrogen) atoms. The lowest BCUT2D eigenvalue weighted by atomic mass is 9.89. The minimum atomic E-state index is -0.766. The number of nitrogens with one attached hydrogen (secondary N) is 1. The summed E-state index contributed by atoms with van der Waals surface area (Å²) >= 11 is 0. The first kappa shape index (κ1) is 19.4. The molecular formula is C16H34N2O2. The Hall–Kier alpha value is -0.610. The Morgan fingerprint density at radius 3 is 2.20 bits per heavy atom. The summed E-state index contributed by atoms with van der Waals surface area (Å²) in [5, 5.41) is 12.8. The largest absolute Gasteiger partial charge is 0.480 e. The van der Waals surface area contributed by atoms with Crippen LogP contribution in [0.3, 0.4) is 0 Å². The van der Waals surface area contributed by atoms with Gasteiger partial charge in [0.1, 0.15) is 5.54 Å². The average Bonchev–Trinajstić information content (AvgIpc) is 2.40. The molecule has 0 saturated heterocycles. The molecular weight excluding hydrogens is 252 g/mol. The monoisotopic (exact) mass is 286 g/mol. The molecule has 1 atom stereocenters. The summed E-state index contributed by atoms with van der Waals surface area (Å²) in [6, 6.07) is 0.188. The van der Waals surface area contributed by atoms with E-state index in [-0.39, 0.29) is 6.04 Å². The van der Waals surface area contributed by atoms with Crippen molar-refractivity contribution in [2.24, 2.45) is 0 Å². The van der Waals surface area contributed by atoms with E-state index in [4.69, 9.17) is 0 Å². The highest BCUT2D eigenvalue weighted by atomic mass is 16.4. The van der Waals surface area contributed by atoms with Crippen molar-refractivity contribution in [3.8, 4) is 0 Å². The lowest BCUT2D eigenvalue weighted by Crippen LogP contribution is -2.54. The Morgan fingerprint density at radius 2 is 1.80 bits per heavy atom. The van der Waals surface area contributed by atoms with Gasteiger partial charge >= 0.3 is 5.97 Å². The van der Waals surface area contributed by atoms with Crippen molar-refractivity contribution >= 4 is 5.97 Å². The van der Waals surface area contributed by atoms with Crippen LogP contribution in [0.5, 0.6) is 0 Å². The quantitative estimate of drug-likeness (QED) is 0.579. The molecule has 0 aliphatic carbocycles. The van der Waals surface area contributed by atoms with E-state index in [1.54, 1.807) is 0 Å². The van der Waals surface area contributed by atoms with Crippen molar-refractivity contribution in [1.29, 1.82) is 0 Å². The summed E-state index contributed by atoms with van der Waals surface area (Å²) < 4.78 is 0. The smallest absolute Gasteiger partial charge is 0.323 e. The fourth-order valence-corrected chi connectivity index (χ4v) is 2.64. The number of aliphatic carboxylic acids is 1. The van der Waals surface area contributed by atoms with Gasteiger partial charge in [-0.05, 0) is 59.2 Å². The van der Waals surface area contributed by atoms with Crippen molar-refractivity contribution < 1.29 is 9.90 Å². The lowest BCUT2D eigenvalue weighted by Gasteiger charge is -2.32. The Labute approximate surface area is 124 Å². The molecule has 1 unspecified atom stereocenters. The van der Waals surface area contributed by atoms with E-state index >= 15 is 0 Å². The van der Waals surface area contributed by atoms with Gasteiger partial charge in [0.2, 0.25) is 0 Å². The third-order valence-corrected chi connectivity index (χ3v) is 3.93. The van der Waals surface area contributed by atoms with Crippen molar-refractivity contribution in [3.05, 3.63) is 0 Å². The number of unbranched alkanes of at least 4 members (excludes halogenated alkanes) is 1. The van der Waals surface area contributed by atoms with Gasteiger partial charge in [-0.2, -0.15) is 0 Å². The molecule has 120 valence electrons. The van der Waals surface area contributed by atoms with E-state index in [1.807, 2.05) is 20.8 Å². The average molecular weight is 286 g/mol. The zero-order valence-electron chi connectivity index (χ0n) is 14.0. The van der Waals surface area contributed by atoms with Gasteiger partial charge < -0.3 is 10.0 Å². The third kappa shape index (κ3) is 6.71. The second-order valence-electron chi connectivity index (χ2n) is 5.93. The molecule has 0 aliphatic rings. The lowest BCUT2D eigenvalue weighted by molar-refractivity contribution is -0.145. The van der Waals surface area contributed by atoms with Crippen molar-refractivity contribution in [2.75, 3.05) is 19.6 Å². The Bertz CT molecular complexity index is 269. The van der Waals surface area contributed by atoms with E-state index in [2.05, 4.69) is 24.1 Å². The molecule has 0 aromatic heterocycles. The highest BCUT2D eigenvalue weighted by molar-refractivity contribution is 5.78. The fourth-order valence-electron chi connectivity index (χ4n) is 2.64. The normalized spacial score (nSPS) is 14.8. The molecule has 2 N–H and O–H groups in total. The predicted octanol–water partition coefficient (Wildman–Crippen LogP) is 3.12. The first-order valence-electron chi connectivity index (χ1n) is 8.15.